The fraction of sp³-hybridized carbons (Fsp3) is 0.360. The highest BCUT2D eigenvalue weighted by atomic mass is 35.5. The van der Waals surface area contributed by atoms with E-state index < -0.39 is 16.8 Å². The fourth-order valence-electron chi connectivity index (χ4n) is 4.23. The first-order chi connectivity index (χ1) is 17.0. The number of carbonyl (C=O) groups excluding carboxylic acids is 2. The minimum absolute atomic E-state index is 0.0294. The van der Waals surface area contributed by atoms with Gasteiger partial charge in [-0.15, -0.1) is 0 Å². The number of fused-ring (bicyclic) bond motifs is 1. The fourth-order valence-corrected chi connectivity index (χ4v) is 4.46. The molecule has 2 heterocycles. The Labute approximate surface area is 210 Å². The number of benzene rings is 2. The highest BCUT2D eigenvalue weighted by Crippen LogP contribution is 2.35. The molecule has 2 aromatic carbocycles. The van der Waals surface area contributed by atoms with Gasteiger partial charge in [-0.1, -0.05) is 17.7 Å². The van der Waals surface area contributed by atoms with Gasteiger partial charge in [0.1, 0.15) is 0 Å². The molecular weight excluding hydrogens is 497 g/mol. The molecule has 0 N–H and O–H groups in total. The lowest BCUT2D eigenvalue weighted by molar-refractivity contribution is -0.137. The van der Waals surface area contributed by atoms with Gasteiger partial charge >= 0.3 is 6.18 Å². The van der Waals surface area contributed by atoms with Crippen LogP contribution in [0.4, 0.5) is 18.9 Å². The second-order valence-electron chi connectivity index (χ2n) is 8.72. The molecule has 0 bridgehead atoms. The van der Waals surface area contributed by atoms with Crippen LogP contribution in [0.15, 0.2) is 47.5 Å². The molecule has 36 heavy (non-hydrogen) atoms. The summed E-state index contributed by atoms with van der Waals surface area (Å²) in [5.41, 5.74) is 0.345. The number of aromatic nitrogens is 2. The summed E-state index contributed by atoms with van der Waals surface area (Å²) in [4.78, 5) is 45.3. The van der Waals surface area contributed by atoms with Gasteiger partial charge in [-0.05, 0) is 42.3 Å². The number of nitrogens with zero attached hydrogens (tertiary/aromatic N) is 4. The number of hydrogen-bond donors (Lipinski definition) is 0. The lowest BCUT2D eigenvalue weighted by atomic mass is 10.0. The van der Waals surface area contributed by atoms with Crippen molar-refractivity contribution in [1.82, 2.24) is 14.5 Å². The van der Waals surface area contributed by atoms with Crippen LogP contribution >= 0.6 is 11.6 Å². The number of Topliss-reactive ketones (excluding diaryl/α,β-unsaturated/α-hetero) is 1. The number of amides is 1. The molecular formula is C25H24ClF3N4O3. The minimum atomic E-state index is -4.58. The summed E-state index contributed by atoms with van der Waals surface area (Å²) in [6.07, 6.45) is -3.23. The lowest BCUT2D eigenvalue weighted by Gasteiger charge is -2.35. The number of carbonyl (C=O) groups is 2. The number of piperazine rings is 1. The van der Waals surface area contributed by atoms with Gasteiger partial charge in [-0.25, -0.2) is 4.98 Å². The molecule has 0 saturated carbocycles. The second kappa shape index (κ2) is 10.3. The zero-order valence-electron chi connectivity index (χ0n) is 19.5. The zero-order valence-corrected chi connectivity index (χ0v) is 20.3. The number of ketones is 1. The number of rotatable bonds is 6. The van der Waals surface area contributed by atoms with Gasteiger partial charge in [0.2, 0.25) is 5.91 Å². The Morgan fingerprint density at radius 1 is 1.06 bits per heavy atom. The van der Waals surface area contributed by atoms with Crippen molar-refractivity contribution in [3.63, 3.8) is 0 Å². The van der Waals surface area contributed by atoms with Crippen LogP contribution in [0.1, 0.15) is 24.5 Å². The third-order valence-corrected chi connectivity index (χ3v) is 6.60. The van der Waals surface area contributed by atoms with Crippen LogP contribution in [0.2, 0.25) is 5.02 Å². The molecule has 7 nitrogen and oxygen atoms in total. The Hall–Kier alpha value is -3.40. The molecule has 1 saturated heterocycles. The van der Waals surface area contributed by atoms with Crippen molar-refractivity contribution in [1.29, 1.82) is 0 Å². The molecule has 0 unspecified atom stereocenters. The van der Waals surface area contributed by atoms with Crippen molar-refractivity contribution >= 4 is 39.9 Å². The van der Waals surface area contributed by atoms with Gasteiger partial charge in [0.25, 0.3) is 5.56 Å². The maximum atomic E-state index is 13.1. The summed E-state index contributed by atoms with van der Waals surface area (Å²) in [5.74, 6) is -0.278. The predicted octanol–water partition coefficient (Wildman–Crippen LogP) is 3.94. The summed E-state index contributed by atoms with van der Waals surface area (Å²) >= 11 is 5.64. The summed E-state index contributed by atoms with van der Waals surface area (Å²) in [7, 11) is 0. The molecule has 1 fully saturated rings. The van der Waals surface area contributed by atoms with Crippen LogP contribution in [0.3, 0.4) is 0 Å². The number of anilines is 1. The zero-order chi connectivity index (χ0) is 26.0. The standard InChI is InChI=1S/C25H24ClF3N4O3/c1-16(34)31-8-10-32(11-9-31)18-4-7-23-20(13-18)24(36)33(15-30-23)14-19(35)5-2-17-3-6-22(26)21(12-17)25(27,28)29/h3-4,6-7,12-13,15H,2,5,8-11,14H2,1H3. The van der Waals surface area contributed by atoms with E-state index in [2.05, 4.69) is 9.88 Å². The number of halogens is 4. The quantitative estimate of drug-likeness (QED) is 0.492. The molecule has 3 aromatic rings. The Morgan fingerprint density at radius 2 is 1.78 bits per heavy atom. The van der Waals surface area contributed by atoms with E-state index in [9.17, 15) is 27.6 Å². The molecule has 1 aliphatic rings. The third-order valence-electron chi connectivity index (χ3n) is 6.27. The Morgan fingerprint density at radius 3 is 2.44 bits per heavy atom. The smallest absolute Gasteiger partial charge is 0.368 e. The first-order valence-corrected chi connectivity index (χ1v) is 11.8. The van der Waals surface area contributed by atoms with Crippen LogP contribution in [0.5, 0.6) is 0 Å². The number of alkyl halides is 3. The predicted molar refractivity (Wildman–Crippen MR) is 130 cm³/mol. The summed E-state index contributed by atoms with van der Waals surface area (Å²) in [6.45, 7) is 3.77. The first-order valence-electron chi connectivity index (χ1n) is 11.4. The SMILES string of the molecule is CC(=O)N1CCN(c2ccc3ncn(CC(=O)CCc4ccc(Cl)c(C(F)(F)F)c4)c(=O)c3c2)CC1. The monoisotopic (exact) mass is 520 g/mol. The molecule has 190 valence electrons. The van der Waals surface area contributed by atoms with Crippen LogP contribution in [0, 0.1) is 0 Å². The van der Waals surface area contributed by atoms with E-state index in [0.717, 1.165) is 11.8 Å². The van der Waals surface area contributed by atoms with Gasteiger partial charge in [0.15, 0.2) is 5.78 Å². The van der Waals surface area contributed by atoms with Crippen LogP contribution < -0.4 is 10.5 Å². The maximum Gasteiger partial charge on any atom is 0.417 e. The average Bonchev–Trinajstić information content (AvgIpc) is 2.84. The van der Waals surface area contributed by atoms with E-state index in [-0.39, 0.29) is 36.6 Å². The molecule has 0 aliphatic carbocycles. The van der Waals surface area contributed by atoms with Crippen molar-refractivity contribution in [3.05, 3.63) is 69.2 Å². The van der Waals surface area contributed by atoms with Crippen molar-refractivity contribution < 1.29 is 22.8 Å². The van der Waals surface area contributed by atoms with Crippen LogP contribution in [-0.4, -0.2) is 52.3 Å². The maximum absolute atomic E-state index is 13.1. The lowest BCUT2D eigenvalue weighted by Crippen LogP contribution is -2.48. The summed E-state index contributed by atoms with van der Waals surface area (Å²) in [6, 6.07) is 8.91. The molecule has 4 rings (SSSR count). The topological polar surface area (TPSA) is 75.5 Å². The Balaban J connectivity index is 1.45. The second-order valence-corrected chi connectivity index (χ2v) is 9.13. The molecule has 1 amide bonds. The van der Waals surface area contributed by atoms with Gasteiger partial charge in [-0.2, -0.15) is 13.2 Å². The normalized spacial score (nSPS) is 14.4. The number of hydrogen-bond acceptors (Lipinski definition) is 5. The molecule has 1 aliphatic heterocycles. The van der Waals surface area contributed by atoms with Crippen molar-refractivity contribution in [2.75, 3.05) is 31.1 Å². The highest BCUT2D eigenvalue weighted by Gasteiger charge is 2.33. The van der Waals surface area contributed by atoms with Gasteiger partial charge in [-0.3, -0.25) is 19.0 Å². The molecule has 0 spiro atoms. The van der Waals surface area contributed by atoms with E-state index in [1.807, 2.05) is 6.07 Å². The Bertz CT molecular complexity index is 1360. The third kappa shape index (κ3) is 5.70. The minimum Gasteiger partial charge on any atom is -0.368 e. The van der Waals surface area contributed by atoms with E-state index in [0.29, 0.717) is 42.6 Å². The summed E-state index contributed by atoms with van der Waals surface area (Å²) < 4.78 is 40.4. The van der Waals surface area contributed by atoms with E-state index in [1.165, 1.54) is 30.0 Å². The van der Waals surface area contributed by atoms with E-state index in [4.69, 9.17) is 11.6 Å². The Kier molecular flexibility index (Phi) is 7.35. The summed E-state index contributed by atoms with van der Waals surface area (Å²) in [5, 5.41) is -0.0317. The molecule has 11 heteroatoms. The van der Waals surface area contributed by atoms with Crippen molar-refractivity contribution in [2.24, 2.45) is 0 Å². The average molecular weight is 521 g/mol. The van der Waals surface area contributed by atoms with Crippen molar-refractivity contribution in [3.8, 4) is 0 Å². The van der Waals surface area contributed by atoms with E-state index in [1.54, 1.807) is 17.0 Å². The van der Waals surface area contributed by atoms with Crippen LogP contribution in [-0.2, 0) is 28.7 Å². The molecule has 0 atom stereocenters. The molecule has 0 radical (unpaired) electrons. The highest BCUT2D eigenvalue weighted by molar-refractivity contribution is 6.31. The number of aryl methyl sites for hydroxylation is 1. The largest absolute Gasteiger partial charge is 0.417 e. The van der Waals surface area contributed by atoms with Crippen LogP contribution in [0.25, 0.3) is 10.9 Å². The van der Waals surface area contributed by atoms with Crippen molar-refractivity contribution in [2.45, 2.75) is 32.5 Å². The van der Waals surface area contributed by atoms with Gasteiger partial charge in [0.05, 0.1) is 34.4 Å². The first kappa shape index (κ1) is 25.7. The van der Waals surface area contributed by atoms with Gasteiger partial charge < -0.3 is 9.80 Å². The van der Waals surface area contributed by atoms with Gasteiger partial charge in [0, 0.05) is 45.2 Å². The van der Waals surface area contributed by atoms with E-state index >= 15 is 0 Å². The molecule has 1 aromatic heterocycles.